The van der Waals surface area contributed by atoms with Gasteiger partial charge >= 0.3 is 0 Å². The van der Waals surface area contributed by atoms with Gasteiger partial charge in [-0.2, -0.15) is 0 Å². The van der Waals surface area contributed by atoms with Crippen LogP contribution in [0.2, 0.25) is 0 Å². The molecule has 1 aromatic carbocycles. The fourth-order valence-corrected chi connectivity index (χ4v) is 2.67. The van der Waals surface area contributed by atoms with Gasteiger partial charge in [0.05, 0.1) is 0 Å². The topological polar surface area (TPSA) is 17.1 Å². The lowest BCUT2D eigenvalue weighted by Crippen LogP contribution is -2.05. The van der Waals surface area contributed by atoms with Gasteiger partial charge in [0.1, 0.15) is 0 Å². The Bertz CT molecular complexity index is 533. The predicted molar refractivity (Wildman–Crippen MR) is 72.6 cm³/mol. The van der Waals surface area contributed by atoms with Crippen LogP contribution in [0.15, 0.2) is 5.57 Å². The van der Waals surface area contributed by atoms with E-state index in [1.807, 2.05) is 0 Å². The molecule has 0 fully saturated rings. The van der Waals surface area contributed by atoms with Crippen LogP contribution >= 0.6 is 0 Å². The smallest absolute Gasteiger partial charge is 0.189 e. The van der Waals surface area contributed by atoms with Gasteiger partial charge in [-0.15, -0.1) is 0 Å². The SMILES string of the molecule is CCCC1=Cc2c(C)c(C)c(C)c(C)c2C1=O. The van der Waals surface area contributed by atoms with Gasteiger partial charge in [-0.05, 0) is 68.0 Å². The number of Topliss-reactive ketones (excluding diaryl/α,β-unsaturated/α-hetero) is 1. The molecule has 0 radical (unpaired) electrons. The van der Waals surface area contributed by atoms with Crippen LogP contribution in [0.1, 0.15) is 57.9 Å². The van der Waals surface area contributed by atoms with E-state index >= 15 is 0 Å². The zero-order valence-corrected chi connectivity index (χ0v) is 11.4. The molecule has 1 heteroatoms. The lowest BCUT2D eigenvalue weighted by molar-refractivity contribution is 0.103. The van der Waals surface area contributed by atoms with E-state index in [1.54, 1.807) is 0 Å². The normalized spacial score (nSPS) is 13.9. The predicted octanol–water partition coefficient (Wildman–Crippen LogP) is 4.30. The Hall–Kier alpha value is -1.37. The second-order valence-electron chi connectivity index (χ2n) is 5.04. The average molecular weight is 228 g/mol. The summed E-state index contributed by atoms with van der Waals surface area (Å²) in [6, 6.07) is 0. The highest BCUT2D eigenvalue weighted by Crippen LogP contribution is 2.35. The fraction of sp³-hybridized carbons (Fsp3) is 0.438. The van der Waals surface area contributed by atoms with Gasteiger partial charge in [0.15, 0.2) is 5.78 Å². The van der Waals surface area contributed by atoms with Crippen LogP contribution in [0, 0.1) is 27.7 Å². The second kappa shape index (κ2) is 4.14. The van der Waals surface area contributed by atoms with Crippen molar-refractivity contribution in [3.63, 3.8) is 0 Å². The molecule has 0 saturated heterocycles. The van der Waals surface area contributed by atoms with Crippen molar-refractivity contribution in [1.82, 2.24) is 0 Å². The third-order valence-corrected chi connectivity index (χ3v) is 4.09. The lowest BCUT2D eigenvalue weighted by atomic mass is 9.90. The molecule has 0 N–H and O–H groups in total. The van der Waals surface area contributed by atoms with Gasteiger partial charge in [0.25, 0.3) is 0 Å². The molecule has 0 atom stereocenters. The van der Waals surface area contributed by atoms with Crippen LogP contribution in [0.5, 0.6) is 0 Å². The van der Waals surface area contributed by atoms with Crippen molar-refractivity contribution in [3.8, 4) is 0 Å². The average Bonchev–Trinajstić information content (AvgIpc) is 2.62. The van der Waals surface area contributed by atoms with Crippen molar-refractivity contribution >= 4 is 11.9 Å². The first-order chi connectivity index (χ1) is 7.99. The van der Waals surface area contributed by atoms with Gasteiger partial charge < -0.3 is 0 Å². The number of carbonyl (C=O) groups excluding carboxylic acids is 1. The molecule has 1 nitrogen and oxygen atoms in total. The van der Waals surface area contributed by atoms with Crippen LogP contribution in [0.3, 0.4) is 0 Å². The minimum Gasteiger partial charge on any atom is -0.289 e. The molecule has 0 unspecified atom stereocenters. The van der Waals surface area contributed by atoms with E-state index in [9.17, 15) is 4.79 Å². The highest BCUT2D eigenvalue weighted by Gasteiger charge is 2.26. The van der Waals surface area contributed by atoms with Gasteiger partial charge in [0.2, 0.25) is 0 Å². The van der Waals surface area contributed by atoms with E-state index in [2.05, 4.69) is 40.7 Å². The molecule has 0 amide bonds. The first kappa shape index (κ1) is 12.1. The molecule has 90 valence electrons. The van der Waals surface area contributed by atoms with Gasteiger partial charge in [0, 0.05) is 11.1 Å². The number of allylic oxidation sites excluding steroid dienone is 1. The summed E-state index contributed by atoms with van der Waals surface area (Å²) in [7, 11) is 0. The number of carbonyl (C=O) groups is 1. The van der Waals surface area contributed by atoms with Crippen molar-refractivity contribution in [3.05, 3.63) is 39.0 Å². The van der Waals surface area contributed by atoms with E-state index in [-0.39, 0.29) is 5.78 Å². The summed E-state index contributed by atoms with van der Waals surface area (Å²) in [6.45, 7) is 10.6. The summed E-state index contributed by atoms with van der Waals surface area (Å²) < 4.78 is 0. The number of hydrogen-bond donors (Lipinski definition) is 0. The van der Waals surface area contributed by atoms with Crippen LogP contribution < -0.4 is 0 Å². The number of hydrogen-bond acceptors (Lipinski definition) is 1. The maximum absolute atomic E-state index is 12.4. The van der Waals surface area contributed by atoms with Gasteiger partial charge in [-0.1, -0.05) is 13.3 Å². The number of benzene rings is 1. The first-order valence-electron chi connectivity index (χ1n) is 6.34. The Labute approximate surface area is 104 Å². The van der Waals surface area contributed by atoms with Crippen LogP contribution in [0.25, 0.3) is 6.08 Å². The van der Waals surface area contributed by atoms with Crippen molar-refractivity contribution < 1.29 is 4.79 Å². The van der Waals surface area contributed by atoms with E-state index in [0.29, 0.717) is 0 Å². The van der Waals surface area contributed by atoms with Crippen LogP contribution in [-0.4, -0.2) is 5.78 Å². The lowest BCUT2D eigenvalue weighted by Gasteiger charge is -2.14. The van der Waals surface area contributed by atoms with E-state index in [0.717, 1.165) is 29.5 Å². The van der Waals surface area contributed by atoms with E-state index in [4.69, 9.17) is 0 Å². The maximum Gasteiger partial charge on any atom is 0.189 e. The summed E-state index contributed by atoms with van der Waals surface area (Å²) in [5, 5.41) is 0. The fourth-order valence-electron chi connectivity index (χ4n) is 2.67. The number of fused-ring (bicyclic) bond motifs is 1. The van der Waals surface area contributed by atoms with Crippen LogP contribution in [-0.2, 0) is 0 Å². The minimum atomic E-state index is 0.255. The highest BCUT2D eigenvalue weighted by molar-refractivity contribution is 6.19. The van der Waals surface area contributed by atoms with Crippen molar-refractivity contribution in [2.75, 3.05) is 0 Å². The number of ketones is 1. The Morgan fingerprint density at radius 3 is 2.12 bits per heavy atom. The third kappa shape index (κ3) is 1.65. The standard InChI is InChI=1S/C16H20O/c1-6-7-13-8-14-11(4)9(2)10(3)12(5)15(14)16(13)17/h8H,6-7H2,1-5H3. The molecule has 0 aliphatic heterocycles. The molecule has 1 aromatic rings. The van der Waals surface area contributed by atoms with Crippen molar-refractivity contribution in [1.29, 1.82) is 0 Å². The van der Waals surface area contributed by atoms with Gasteiger partial charge in [-0.25, -0.2) is 0 Å². The Morgan fingerprint density at radius 1 is 0.941 bits per heavy atom. The van der Waals surface area contributed by atoms with Crippen molar-refractivity contribution in [2.45, 2.75) is 47.5 Å². The minimum absolute atomic E-state index is 0.255. The Balaban J connectivity index is 2.68. The molecule has 0 heterocycles. The molecule has 0 bridgehead atoms. The van der Waals surface area contributed by atoms with E-state index < -0.39 is 0 Å². The highest BCUT2D eigenvalue weighted by atomic mass is 16.1. The summed E-state index contributed by atoms with van der Waals surface area (Å²) in [6.07, 6.45) is 4.03. The second-order valence-corrected chi connectivity index (χ2v) is 5.04. The van der Waals surface area contributed by atoms with Crippen molar-refractivity contribution in [2.24, 2.45) is 0 Å². The molecule has 1 aliphatic carbocycles. The molecule has 0 aromatic heterocycles. The molecular weight excluding hydrogens is 208 g/mol. The van der Waals surface area contributed by atoms with Gasteiger partial charge in [-0.3, -0.25) is 4.79 Å². The van der Waals surface area contributed by atoms with E-state index in [1.165, 1.54) is 22.3 Å². The molecule has 0 saturated carbocycles. The summed E-state index contributed by atoms with van der Waals surface area (Å²) >= 11 is 0. The zero-order chi connectivity index (χ0) is 12.7. The largest absolute Gasteiger partial charge is 0.289 e. The number of rotatable bonds is 2. The Morgan fingerprint density at radius 2 is 1.53 bits per heavy atom. The summed E-state index contributed by atoms with van der Waals surface area (Å²) in [5.74, 6) is 0.255. The summed E-state index contributed by atoms with van der Waals surface area (Å²) in [4.78, 5) is 12.4. The monoisotopic (exact) mass is 228 g/mol. The maximum atomic E-state index is 12.4. The summed E-state index contributed by atoms with van der Waals surface area (Å²) in [5.41, 5.74) is 8.12. The molecule has 17 heavy (non-hydrogen) atoms. The molecule has 2 rings (SSSR count). The third-order valence-electron chi connectivity index (χ3n) is 4.09. The zero-order valence-electron chi connectivity index (χ0n) is 11.4. The molecule has 0 spiro atoms. The Kier molecular flexibility index (Phi) is 2.94. The van der Waals surface area contributed by atoms with Crippen LogP contribution in [0.4, 0.5) is 0 Å². The quantitative estimate of drug-likeness (QED) is 0.737. The first-order valence-corrected chi connectivity index (χ1v) is 6.34. The molecular formula is C16H20O. The molecule has 1 aliphatic rings.